The Morgan fingerprint density at radius 3 is 2.82 bits per heavy atom. The molecule has 0 saturated carbocycles. The molecule has 5 nitrogen and oxygen atoms in total. The van der Waals surface area contributed by atoms with Gasteiger partial charge in [0.25, 0.3) is 0 Å². The van der Waals surface area contributed by atoms with Crippen molar-refractivity contribution in [3.8, 4) is 0 Å². The standard InChI is InChI=1S/C11H18N4OS/c1-3-9-13-11(17-14-9)12-8(2)10(16)15-6-4-5-7-15/h8H,3-7H2,1-2H3,(H,12,13,14). The Bertz CT molecular complexity index is 387. The Kier molecular flexibility index (Phi) is 3.93. The Morgan fingerprint density at radius 2 is 2.24 bits per heavy atom. The number of hydrogen-bond acceptors (Lipinski definition) is 5. The molecule has 1 aromatic heterocycles. The van der Waals surface area contributed by atoms with Crippen molar-refractivity contribution in [3.05, 3.63) is 5.82 Å². The Labute approximate surface area is 105 Å². The zero-order chi connectivity index (χ0) is 12.3. The molecule has 2 heterocycles. The fourth-order valence-corrected chi connectivity index (χ4v) is 2.65. The maximum Gasteiger partial charge on any atom is 0.244 e. The Hall–Kier alpha value is -1.17. The minimum atomic E-state index is -0.217. The van der Waals surface area contributed by atoms with Crippen LogP contribution in [0.5, 0.6) is 0 Å². The summed E-state index contributed by atoms with van der Waals surface area (Å²) in [6.07, 6.45) is 3.07. The summed E-state index contributed by atoms with van der Waals surface area (Å²) in [7, 11) is 0. The van der Waals surface area contributed by atoms with E-state index in [1.54, 1.807) is 0 Å². The minimum absolute atomic E-state index is 0.163. The van der Waals surface area contributed by atoms with E-state index in [0.29, 0.717) is 0 Å². The second-order valence-electron chi connectivity index (χ2n) is 4.27. The maximum absolute atomic E-state index is 12.0. The number of nitrogens with one attached hydrogen (secondary N) is 1. The van der Waals surface area contributed by atoms with Crippen LogP contribution in [0.2, 0.25) is 0 Å². The van der Waals surface area contributed by atoms with Crippen molar-refractivity contribution < 1.29 is 4.79 Å². The van der Waals surface area contributed by atoms with Crippen LogP contribution in [0, 0.1) is 0 Å². The molecule has 17 heavy (non-hydrogen) atoms. The molecule has 1 atom stereocenters. The van der Waals surface area contributed by atoms with Crippen LogP contribution in [0.25, 0.3) is 0 Å². The summed E-state index contributed by atoms with van der Waals surface area (Å²) in [5, 5.41) is 3.86. The van der Waals surface area contributed by atoms with Gasteiger partial charge in [-0.1, -0.05) is 6.92 Å². The molecule has 0 bridgehead atoms. The van der Waals surface area contributed by atoms with E-state index in [2.05, 4.69) is 14.7 Å². The summed E-state index contributed by atoms with van der Waals surface area (Å²) < 4.78 is 4.19. The lowest BCUT2D eigenvalue weighted by Gasteiger charge is -2.20. The van der Waals surface area contributed by atoms with E-state index >= 15 is 0 Å². The molecule has 1 fully saturated rings. The molecule has 1 unspecified atom stereocenters. The molecular formula is C11H18N4OS. The first kappa shape index (κ1) is 12.3. The molecule has 0 radical (unpaired) electrons. The zero-order valence-corrected chi connectivity index (χ0v) is 11.1. The third-order valence-corrected chi connectivity index (χ3v) is 3.60. The topological polar surface area (TPSA) is 58.1 Å². The lowest BCUT2D eigenvalue weighted by atomic mass is 10.3. The van der Waals surface area contributed by atoms with Crippen LogP contribution in [-0.4, -0.2) is 39.3 Å². The van der Waals surface area contributed by atoms with E-state index in [4.69, 9.17) is 0 Å². The van der Waals surface area contributed by atoms with Gasteiger partial charge in [-0.3, -0.25) is 4.79 Å². The van der Waals surface area contributed by atoms with Gasteiger partial charge < -0.3 is 10.2 Å². The summed E-state index contributed by atoms with van der Waals surface area (Å²) in [6.45, 7) is 5.68. The number of carbonyl (C=O) groups excluding carboxylic acids is 1. The number of nitrogens with zero attached hydrogens (tertiary/aromatic N) is 3. The third kappa shape index (κ3) is 2.94. The highest BCUT2D eigenvalue weighted by atomic mass is 32.1. The average molecular weight is 254 g/mol. The van der Waals surface area contributed by atoms with E-state index in [-0.39, 0.29) is 11.9 Å². The molecular weight excluding hydrogens is 236 g/mol. The predicted molar refractivity (Wildman–Crippen MR) is 68.2 cm³/mol. The van der Waals surface area contributed by atoms with E-state index in [0.717, 1.165) is 43.3 Å². The van der Waals surface area contributed by atoms with Crippen LogP contribution < -0.4 is 5.32 Å². The van der Waals surface area contributed by atoms with Gasteiger partial charge in [-0.15, -0.1) is 0 Å². The first-order chi connectivity index (χ1) is 8.20. The van der Waals surface area contributed by atoms with Crippen LogP contribution in [0.4, 0.5) is 5.13 Å². The number of amides is 1. The molecule has 2 rings (SSSR count). The fraction of sp³-hybridized carbons (Fsp3) is 0.727. The van der Waals surface area contributed by atoms with Crippen LogP contribution in [-0.2, 0) is 11.2 Å². The van der Waals surface area contributed by atoms with Gasteiger partial charge >= 0.3 is 0 Å². The lowest BCUT2D eigenvalue weighted by molar-refractivity contribution is -0.130. The van der Waals surface area contributed by atoms with Gasteiger partial charge in [-0.2, -0.15) is 4.37 Å². The second-order valence-corrected chi connectivity index (χ2v) is 5.02. The number of rotatable bonds is 4. The summed E-state index contributed by atoms with van der Waals surface area (Å²) in [4.78, 5) is 18.3. The van der Waals surface area contributed by atoms with Crippen molar-refractivity contribution >= 4 is 22.6 Å². The van der Waals surface area contributed by atoms with E-state index in [1.165, 1.54) is 11.5 Å². The highest BCUT2D eigenvalue weighted by molar-refractivity contribution is 7.09. The molecule has 0 spiro atoms. The third-order valence-electron chi connectivity index (χ3n) is 2.91. The monoisotopic (exact) mass is 254 g/mol. The van der Waals surface area contributed by atoms with Gasteiger partial charge in [0.15, 0.2) is 0 Å². The summed E-state index contributed by atoms with van der Waals surface area (Å²) in [5.74, 6) is 0.995. The highest BCUT2D eigenvalue weighted by Gasteiger charge is 2.23. The minimum Gasteiger partial charge on any atom is -0.349 e. The maximum atomic E-state index is 12.0. The van der Waals surface area contributed by atoms with Crippen LogP contribution in [0.3, 0.4) is 0 Å². The SMILES string of the molecule is CCc1nsc(NC(C)C(=O)N2CCCC2)n1. The molecule has 1 N–H and O–H groups in total. The van der Waals surface area contributed by atoms with E-state index in [9.17, 15) is 4.79 Å². The van der Waals surface area contributed by atoms with Crippen molar-refractivity contribution in [2.24, 2.45) is 0 Å². The van der Waals surface area contributed by atoms with Crippen LogP contribution in [0.15, 0.2) is 0 Å². The second kappa shape index (κ2) is 5.44. The summed E-state index contributed by atoms with van der Waals surface area (Å²) >= 11 is 1.32. The quantitative estimate of drug-likeness (QED) is 0.885. The Balaban J connectivity index is 1.91. The van der Waals surface area contributed by atoms with Crippen molar-refractivity contribution in [1.29, 1.82) is 0 Å². The molecule has 94 valence electrons. The Morgan fingerprint density at radius 1 is 1.53 bits per heavy atom. The molecule has 1 amide bonds. The highest BCUT2D eigenvalue weighted by Crippen LogP contribution is 2.15. The van der Waals surface area contributed by atoms with Gasteiger partial charge in [0, 0.05) is 31.0 Å². The average Bonchev–Trinajstić information content (AvgIpc) is 2.98. The van der Waals surface area contributed by atoms with Crippen LogP contribution in [0.1, 0.15) is 32.5 Å². The first-order valence-corrected chi connectivity index (χ1v) is 6.86. The number of aromatic nitrogens is 2. The van der Waals surface area contributed by atoms with Crippen molar-refractivity contribution in [3.63, 3.8) is 0 Å². The predicted octanol–water partition coefficient (Wildman–Crippen LogP) is 1.52. The number of aryl methyl sites for hydroxylation is 1. The van der Waals surface area contributed by atoms with Gasteiger partial charge in [0.2, 0.25) is 11.0 Å². The van der Waals surface area contributed by atoms with Crippen LogP contribution >= 0.6 is 11.5 Å². The lowest BCUT2D eigenvalue weighted by Crippen LogP contribution is -2.39. The molecule has 6 heteroatoms. The number of likely N-dealkylation sites (tertiary alicyclic amines) is 1. The van der Waals surface area contributed by atoms with Gasteiger partial charge in [-0.25, -0.2) is 4.98 Å². The molecule has 1 aromatic rings. The van der Waals surface area contributed by atoms with Crippen molar-refractivity contribution in [2.75, 3.05) is 18.4 Å². The van der Waals surface area contributed by atoms with Crippen molar-refractivity contribution in [1.82, 2.24) is 14.3 Å². The number of anilines is 1. The largest absolute Gasteiger partial charge is 0.349 e. The van der Waals surface area contributed by atoms with E-state index in [1.807, 2.05) is 18.7 Å². The molecule has 0 aromatic carbocycles. The van der Waals surface area contributed by atoms with E-state index < -0.39 is 0 Å². The number of hydrogen-bond donors (Lipinski definition) is 1. The fourth-order valence-electron chi connectivity index (χ4n) is 1.91. The van der Waals surface area contributed by atoms with Gasteiger partial charge in [-0.05, 0) is 19.8 Å². The molecule has 0 aliphatic carbocycles. The summed E-state index contributed by atoms with van der Waals surface area (Å²) in [6, 6.07) is -0.217. The molecule has 1 aliphatic heterocycles. The van der Waals surface area contributed by atoms with Gasteiger partial charge in [0.05, 0.1) is 0 Å². The number of carbonyl (C=O) groups is 1. The zero-order valence-electron chi connectivity index (χ0n) is 10.3. The normalized spacial score (nSPS) is 17.2. The first-order valence-electron chi connectivity index (χ1n) is 6.08. The van der Waals surface area contributed by atoms with Gasteiger partial charge in [0.1, 0.15) is 11.9 Å². The smallest absolute Gasteiger partial charge is 0.244 e. The molecule has 1 aliphatic rings. The van der Waals surface area contributed by atoms with Crippen molar-refractivity contribution in [2.45, 2.75) is 39.2 Å². The summed E-state index contributed by atoms with van der Waals surface area (Å²) in [5.41, 5.74) is 0. The molecule has 1 saturated heterocycles.